The van der Waals surface area contributed by atoms with Crippen LogP contribution in [0.4, 0.5) is 17.6 Å². The lowest BCUT2D eigenvalue weighted by molar-refractivity contribution is -0.00824. The fraction of sp³-hybridized carbons (Fsp3) is 0.320. The normalized spacial score (nSPS) is 21.6. The zero-order valence-electron chi connectivity index (χ0n) is 18.7. The summed E-state index contributed by atoms with van der Waals surface area (Å²) < 4.78 is 59.8. The van der Waals surface area contributed by atoms with E-state index in [-0.39, 0.29) is 34.5 Å². The summed E-state index contributed by atoms with van der Waals surface area (Å²) in [6.07, 6.45) is 2.02. The number of alkyl halides is 2. The van der Waals surface area contributed by atoms with Gasteiger partial charge in [-0.1, -0.05) is 6.07 Å². The first kappa shape index (κ1) is 22.7. The van der Waals surface area contributed by atoms with Gasteiger partial charge in [-0.15, -0.1) is 5.10 Å². The van der Waals surface area contributed by atoms with Gasteiger partial charge in [0.1, 0.15) is 29.3 Å². The summed E-state index contributed by atoms with van der Waals surface area (Å²) in [6.45, 7) is 0. The molecular weight excluding hydrogens is 478 g/mol. The predicted octanol–water partition coefficient (Wildman–Crippen LogP) is 5.12. The fourth-order valence-corrected chi connectivity index (χ4v) is 5.36. The molecule has 0 radical (unpaired) electrons. The van der Waals surface area contributed by atoms with Crippen molar-refractivity contribution < 1.29 is 27.1 Å². The number of aliphatic hydroxyl groups is 1. The lowest BCUT2D eigenvalue weighted by Crippen LogP contribution is -2.41. The van der Waals surface area contributed by atoms with E-state index in [2.05, 4.69) is 25.1 Å². The topological polar surface area (TPSA) is 97.8 Å². The highest BCUT2D eigenvalue weighted by Crippen LogP contribution is 2.55. The Balaban J connectivity index is 1.41. The minimum Gasteiger partial charge on any atom is -0.443 e. The zero-order chi connectivity index (χ0) is 25.0. The number of rotatable bonds is 5. The fourth-order valence-electron chi connectivity index (χ4n) is 5.36. The Hall–Kier alpha value is -3.73. The third-order valence-electron chi connectivity index (χ3n) is 7.18. The molecule has 3 aromatic heterocycles. The second kappa shape index (κ2) is 8.44. The van der Waals surface area contributed by atoms with Crippen molar-refractivity contribution in [1.29, 1.82) is 0 Å². The smallest absolute Gasteiger partial charge is 0.269 e. The lowest BCUT2D eigenvalue weighted by atomic mass is 9.58. The van der Waals surface area contributed by atoms with Crippen molar-refractivity contribution in [2.45, 2.75) is 49.5 Å². The number of fused-ring (bicyclic) bond motifs is 2. The number of benzene rings is 1. The van der Waals surface area contributed by atoms with Crippen LogP contribution in [-0.4, -0.2) is 36.7 Å². The van der Waals surface area contributed by atoms with Crippen LogP contribution in [0.2, 0.25) is 0 Å². The Morgan fingerprint density at radius 3 is 2.47 bits per heavy atom. The molecule has 1 saturated carbocycles. The number of oxazole rings is 1. The van der Waals surface area contributed by atoms with Crippen LogP contribution in [0.15, 0.2) is 47.3 Å². The van der Waals surface area contributed by atoms with Crippen molar-refractivity contribution in [3.8, 4) is 22.8 Å². The summed E-state index contributed by atoms with van der Waals surface area (Å²) >= 11 is 0. The van der Waals surface area contributed by atoms with Gasteiger partial charge in [-0.05, 0) is 55.4 Å². The zero-order valence-corrected chi connectivity index (χ0v) is 18.7. The first-order valence-corrected chi connectivity index (χ1v) is 11.4. The molecule has 7 rings (SSSR count). The van der Waals surface area contributed by atoms with E-state index in [0.29, 0.717) is 11.4 Å². The van der Waals surface area contributed by atoms with Crippen LogP contribution in [0, 0.1) is 11.6 Å². The molecular formula is C25H19F4N5O2. The van der Waals surface area contributed by atoms with Gasteiger partial charge < -0.3 is 9.52 Å². The van der Waals surface area contributed by atoms with Gasteiger partial charge in [0.2, 0.25) is 5.89 Å². The maximum absolute atomic E-state index is 14.4. The molecule has 184 valence electrons. The van der Waals surface area contributed by atoms with Crippen molar-refractivity contribution >= 4 is 0 Å². The highest BCUT2D eigenvalue weighted by atomic mass is 19.3. The molecule has 7 nitrogen and oxygen atoms in total. The van der Waals surface area contributed by atoms with E-state index in [4.69, 9.17) is 4.42 Å². The summed E-state index contributed by atoms with van der Waals surface area (Å²) in [7, 11) is 0. The van der Waals surface area contributed by atoms with Crippen molar-refractivity contribution in [1.82, 2.24) is 25.1 Å². The summed E-state index contributed by atoms with van der Waals surface area (Å²) in [5.41, 5.74) is 1.39. The predicted molar refractivity (Wildman–Crippen MR) is 118 cm³/mol. The average molecular weight is 497 g/mol. The third-order valence-corrected chi connectivity index (χ3v) is 7.18. The van der Waals surface area contributed by atoms with E-state index >= 15 is 0 Å². The highest BCUT2D eigenvalue weighted by Gasteiger charge is 2.49. The molecule has 1 aromatic carbocycles. The molecule has 1 N–H and O–H groups in total. The number of aliphatic hydroxyl groups excluding tert-OH is 1. The Labute approximate surface area is 202 Å². The molecule has 36 heavy (non-hydrogen) atoms. The van der Waals surface area contributed by atoms with E-state index in [1.165, 1.54) is 24.4 Å². The van der Waals surface area contributed by atoms with Gasteiger partial charge in [0.05, 0.1) is 34.3 Å². The Morgan fingerprint density at radius 2 is 1.75 bits per heavy atom. The minimum atomic E-state index is -3.01. The summed E-state index contributed by atoms with van der Waals surface area (Å²) in [6, 6.07) is 5.38. The van der Waals surface area contributed by atoms with Crippen molar-refractivity contribution in [2.24, 2.45) is 0 Å². The molecule has 0 aliphatic heterocycles. The molecule has 4 aromatic rings. The molecule has 0 saturated heterocycles. The lowest BCUT2D eigenvalue weighted by Gasteiger charge is -2.46. The quantitative estimate of drug-likeness (QED) is 0.382. The van der Waals surface area contributed by atoms with Crippen LogP contribution in [0.1, 0.15) is 60.4 Å². The SMILES string of the molecule is O[C@H](c1coc(-c2cncc([C@]34CC[C@H](CC3)c3cc(-c5c(F)cccc5F)nnc34)n2)n1)C(F)F. The minimum absolute atomic E-state index is 0.0448. The van der Waals surface area contributed by atoms with Gasteiger partial charge in [0, 0.05) is 6.20 Å². The van der Waals surface area contributed by atoms with E-state index in [0.717, 1.165) is 37.5 Å². The first-order valence-electron chi connectivity index (χ1n) is 11.4. The molecule has 0 spiro atoms. The molecule has 0 unspecified atom stereocenters. The molecule has 3 aliphatic rings. The number of aromatic nitrogens is 5. The Bertz CT molecular complexity index is 1430. The summed E-state index contributed by atoms with van der Waals surface area (Å²) in [5, 5.41) is 18.2. The van der Waals surface area contributed by atoms with Gasteiger partial charge in [0.25, 0.3) is 6.43 Å². The Kier molecular flexibility index (Phi) is 5.32. The van der Waals surface area contributed by atoms with Crippen LogP contribution in [0.25, 0.3) is 22.8 Å². The Morgan fingerprint density at radius 1 is 1.00 bits per heavy atom. The summed E-state index contributed by atoms with van der Waals surface area (Å²) in [5.74, 6) is -1.27. The number of hydrogen-bond donors (Lipinski definition) is 1. The van der Waals surface area contributed by atoms with Gasteiger partial charge in [-0.3, -0.25) is 4.98 Å². The van der Waals surface area contributed by atoms with Gasteiger partial charge in [-0.25, -0.2) is 27.5 Å². The van der Waals surface area contributed by atoms with E-state index in [1.807, 2.05) is 0 Å². The van der Waals surface area contributed by atoms with Crippen molar-refractivity contribution in [3.63, 3.8) is 0 Å². The molecule has 2 bridgehead atoms. The number of nitrogens with zero attached hydrogens (tertiary/aromatic N) is 5. The largest absolute Gasteiger partial charge is 0.443 e. The standard InChI is InChI=1S/C25H19F4N5O2/c26-14-2-1-3-15(27)20(14)16-8-13-12-4-6-25(7-5-12,22(13)34-33-16)19-10-30-9-17(31-19)24-32-18(11-36-24)21(35)23(28)29/h1-3,8-12,21,23,35H,4-7H2/t12-,21-,25+/m1/s1. The van der Waals surface area contributed by atoms with E-state index < -0.39 is 29.6 Å². The number of halogens is 4. The van der Waals surface area contributed by atoms with E-state index in [1.54, 1.807) is 12.3 Å². The average Bonchev–Trinajstić information content (AvgIpc) is 3.39. The van der Waals surface area contributed by atoms with Crippen LogP contribution >= 0.6 is 0 Å². The molecule has 3 heterocycles. The van der Waals surface area contributed by atoms with Crippen LogP contribution in [0.5, 0.6) is 0 Å². The maximum atomic E-state index is 14.4. The summed E-state index contributed by atoms with van der Waals surface area (Å²) in [4.78, 5) is 12.9. The third kappa shape index (κ3) is 3.48. The highest BCUT2D eigenvalue weighted by molar-refractivity contribution is 5.62. The molecule has 11 heteroatoms. The van der Waals surface area contributed by atoms with Crippen LogP contribution < -0.4 is 0 Å². The van der Waals surface area contributed by atoms with Gasteiger partial charge in [-0.2, -0.15) is 5.10 Å². The van der Waals surface area contributed by atoms with Gasteiger partial charge >= 0.3 is 0 Å². The van der Waals surface area contributed by atoms with Crippen molar-refractivity contribution in [3.05, 3.63) is 77.2 Å². The van der Waals surface area contributed by atoms with Crippen molar-refractivity contribution in [2.75, 3.05) is 0 Å². The molecule has 1 atom stereocenters. The maximum Gasteiger partial charge on any atom is 0.269 e. The molecule has 3 aliphatic carbocycles. The first-order chi connectivity index (χ1) is 17.4. The number of hydrogen-bond acceptors (Lipinski definition) is 7. The molecule has 1 fully saturated rings. The molecule has 0 amide bonds. The second-order valence-corrected chi connectivity index (χ2v) is 9.13. The second-order valence-electron chi connectivity index (χ2n) is 9.13. The monoisotopic (exact) mass is 497 g/mol. The van der Waals surface area contributed by atoms with Crippen LogP contribution in [0.3, 0.4) is 0 Å². The van der Waals surface area contributed by atoms with Crippen LogP contribution in [-0.2, 0) is 5.41 Å². The van der Waals surface area contributed by atoms with Gasteiger partial charge in [0.15, 0.2) is 6.10 Å². The van der Waals surface area contributed by atoms with E-state index in [9.17, 15) is 22.7 Å².